The molecule has 3 aromatic rings. The van der Waals surface area contributed by atoms with Crippen LogP contribution < -0.4 is 4.74 Å². The van der Waals surface area contributed by atoms with E-state index in [1.54, 1.807) is 12.1 Å². The molecule has 2 aromatic carbocycles. The number of hydrogen-bond donors (Lipinski definition) is 1. The Kier molecular flexibility index (Phi) is 5.16. The minimum atomic E-state index is -0.280. The van der Waals surface area contributed by atoms with Gasteiger partial charge in [-0.2, -0.15) is 5.10 Å². The highest BCUT2D eigenvalue weighted by Crippen LogP contribution is 2.27. The number of ether oxygens (including phenoxy) is 1. The number of aromatic nitrogens is 2. The van der Waals surface area contributed by atoms with E-state index in [9.17, 15) is 8.78 Å². The van der Waals surface area contributed by atoms with Gasteiger partial charge in [-0.05, 0) is 61.0 Å². The molecule has 1 unspecified atom stereocenters. The van der Waals surface area contributed by atoms with Crippen LogP contribution in [0.25, 0.3) is 0 Å². The van der Waals surface area contributed by atoms with E-state index in [2.05, 4.69) is 15.1 Å². The third kappa shape index (κ3) is 4.52. The maximum Gasteiger partial charge on any atom is 0.130 e. The van der Waals surface area contributed by atoms with Crippen LogP contribution >= 0.6 is 0 Å². The second-order valence-corrected chi connectivity index (χ2v) is 6.91. The molecular formula is C21H21F2N3O. The normalized spacial score (nSPS) is 17.3. The zero-order valence-electron chi connectivity index (χ0n) is 14.9. The van der Waals surface area contributed by atoms with Crippen molar-refractivity contribution in [3.63, 3.8) is 0 Å². The predicted octanol–water partition coefficient (Wildman–Crippen LogP) is 4.26. The zero-order valence-corrected chi connectivity index (χ0v) is 14.9. The van der Waals surface area contributed by atoms with E-state index < -0.39 is 0 Å². The number of nitrogens with zero attached hydrogens (tertiary/aromatic N) is 2. The fraction of sp³-hybridized carbons (Fsp3) is 0.286. The fourth-order valence-electron chi connectivity index (χ4n) is 3.42. The van der Waals surface area contributed by atoms with E-state index in [0.717, 1.165) is 43.0 Å². The lowest BCUT2D eigenvalue weighted by Gasteiger charge is -2.15. The lowest BCUT2D eigenvalue weighted by Crippen LogP contribution is -2.19. The standard InChI is InChI=1S/C21H21F2N3O/c22-17-3-1-15(2-4-17)12-26-10-9-16(13-26)21-11-19(24-25-21)14-27-20-7-5-18(23)6-8-20/h1-8,11,16H,9-10,12-14H2,(H,24,25). The Morgan fingerprint density at radius 3 is 2.48 bits per heavy atom. The van der Waals surface area contributed by atoms with Gasteiger partial charge < -0.3 is 4.74 Å². The number of halogens is 2. The molecule has 0 saturated carbocycles. The van der Waals surface area contributed by atoms with Crippen molar-refractivity contribution in [2.45, 2.75) is 25.5 Å². The molecule has 1 saturated heterocycles. The van der Waals surface area contributed by atoms with Crippen molar-refractivity contribution in [3.05, 3.63) is 83.2 Å². The average molecular weight is 369 g/mol. The van der Waals surface area contributed by atoms with Gasteiger partial charge >= 0.3 is 0 Å². The van der Waals surface area contributed by atoms with Crippen LogP contribution in [0.2, 0.25) is 0 Å². The van der Waals surface area contributed by atoms with Crippen LogP contribution in [0.5, 0.6) is 5.75 Å². The van der Waals surface area contributed by atoms with E-state index in [4.69, 9.17) is 4.74 Å². The molecule has 140 valence electrons. The number of H-pyrrole nitrogens is 1. The van der Waals surface area contributed by atoms with Crippen molar-refractivity contribution in [2.24, 2.45) is 0 Å². The average Bonchev–Trinajstić information content (AvgIpc) is 3.32. The number of benzene rings is 2. The molecule has 1 aliphatic rings. The van der Waals surface area contributed by atoms with E-state index in [-0.39, 0.29) is 11.6 Å². The van der Waals surface area contributed by atoms with Crippen LogP contribution in [0.1, 0.15) is 29.3 Å². The van der Waals surface area contributed by atoms with Crippen LogP contribution in [0, 0.1) is 11.6 Å². The Bertz CT molecular complexity index is 877. The summed E-state index contributed by atoms with van der Waals surface area (Å²) in [6, 6.07) is 14.7. The zero-order chi connectivity index (χ0) is 18.6. The minimum absolute atomic E-state index is 0.204. The summed E-state index contributed by atoms with van der Waals surface area (Å²) in [7, 11) is 0. The van der Waals surface area contributed by atoms with Gasteiger partial charge in [-0.3, -0.25) is 10.00 Å². The third-order valence-corrected chi connectivity index (χ3v) is 4.87. The Morgan fingerprint density at radius 2 is 1.74 bits per heavy atom. The molecule has 1 fully saturated rings. The number of nitrogens with one attached hydrogen (secondary N) is 1. The molecule has 0 bridgehead atoms. The Hall–Kier alpha value is -2.73. The Labute approximate surface area is 156 Å². The van der Waals surface area contributed by atoms with Crippen molar-refractivity contribution >= 4 is 0 Å². The molecule has 27 heavy (non-hydrogen) atoms. The summed E-state index contributed by atoms with van der Waals surface area (Å²) >= 11 is 0. The smallest absolute Gasteiger partial charge is 0.130 e. The topological polar surface area (TPSA) is 41.1 Å². The maximum absolute atomic E-state index is 13.0. The van der Waals surface area contributed by atoms with E-state index in [1.165, 1.54) is 24.3 Å². The minimum Gasteiger partial charge on any atom is -0.487 e. The summed E-state index contributed by atoms with van der Waals surface area (Å²) in [5.74, 6) is 0.516. The second-order valence-electron chi connectivity index (χ2n) is 6.91. The Balaban J connectivity index is 1.30. The molecule has 4 rings (SSSR count). The summed E-state index contributed by atoms with van der Waals surface area (Å²) in [6.07, 6.45) is 1.05. The molecule has 0 spiro atoms. The first-order valence-electron chi connectivity index (χ1n) is 9.05. The molecule has 0 aliphatic carbocycles. The number of hydrogen-bond acceptors (Lipinski definition) is 3. The monoisotopic (exact) mass is 369 g/mol. The molecule has 1 aromatic heterocycles. The van der Waals surface area contributed by atoms with Gasteiger partial charge in [0.2, 0.25) is 0 Å². The van der Waals surface area contributed by atoms with Crippen LogP contribution in [-0.2, 0) is 13.2 Å². The van der Waals surface area contributed by atoms with Gasteiger partial charge in [-0.25, -0.2) is 8.78 Å². The number of likely N-dealkylation sites (tertiary alicyclic amines) is 1. The predicted molar refractivity (Wildman–Crippen MR) is 98.4 cm³/mol. The van der Waals surface area contributed by atoms with E-state index >= 15 is 0 Å². The lowest BCUT2D eigenvalue weighted by atomic mass is 10.1. The van der Waals surface area contributed by atoms with Gasteiger partial charge in [0, 0.05) is 19.0 Å². The number of aromatic amines is 1. The highest BCUT2D eigenvalue weighted by Gasteiger charge is 2.25. The first kappa shape index (κ1) is 17.7. The molecule has 2 heterocycles. The van der Waals surface area contributed by atoms with Crippen LogP contribution in [0.15, 0.2) is 54.6 Å². The fourth-order valence-corrected chi connectivity index (χ4v) is 3.42. The van der Waals surface area contributed by atoms with E-state index in [0.29, 0.717) is 18.3 Å². The van der Waals surface area contributed by atoms with Crippen LogP contribution in [0.3, 0.4) is 0 Å². The molecule has 1 aliphatic heterocycles. The van der Waals surface area contributed by atoms with E-state index in [1.807, 2.05) is 18.2 Å². The Morgan fingerprint density at radius 1 is 1.04 bits per heavy atom. The molecule has 1 atom stereocenters. The van der Waals surface area contributed by atoms with Crippen molar-refractivity contribution in [3.8, 4) is 5.75 Å². The summed E-state index contributed by atoms with van der Waals surface area (Å²) in [5.41, 5.74) is 3.05. The highest BCUT2D eigenvalue weighted by molar-refractivity contribution is 5.23. The van der Waals surface area contributed by atoms with Gasteiger partial charge in [-0.15, -0.1) is 0 Å². The summed E-state index contributed by atoms with van der Waals surface area (Å²) < 4.78 is 31.6. The molecule has 1 N–H and O–H groups in total. The number of rotatable bonds is 6. The third-order valence-electron chi connectivity index (χ3n) is 4.87. The molecule has 0 amide bonds. The van der Waals surface area contributed by atoms with Crippen molar-refractivity contribution in [2.75, 3.05) is 13.1 Å². The second kappa shape index (κ2) is 7.88. The lowest BCUT2D eigenvalue weighted by molar-refractivity contribution is 0.300. The summed E-state index contributed by atoms with van der Waals surface area (Å²) in [6.45, 7) is 3.11. The largest absolute Gasteiger partial charge is 0.487 e. The quantitative estimate of drug-likeness (QED) is 0.706. The van der Waals surface area contributed by atoms with Gasteiger partial charge in [0.15, 0.2) is 0 Å². The highest BCUT2D eigenvalue weighted by atomic mass is 19.1. The first-order chi connectivity index (χ1) is 13.2. The summed E-state index contributed by atoms with van der Waals surface area (Å²) in [5, 5.41) is 7.46. The van der Waals surface area contributed by atoms with Crippen LogP contribution in [0.4, 0.5) is 8.78 Å². The summed E-state index contributed by atoms with van der Waals surface area (Å²) in [4.78, 5) is 2.36. The SMILES string of the molecule is Fc1ccc(CN2CCC(c3cc(COc4ccc(F)cc4)[nH]n3)C2)cc1. The van der Waals surface area contributed by atoms with Gasteiger partial charge in [0.25, 0.3) is 0 Å². The van der Waals surface area contributed by atoms with Gasteiger partial charge in [0.1, 0.15) is 24.0 Å². The van der Waals surface area contributed by atoms with Crippen molar-refractivity contribution < 1.29 is 13.5 Å². The van der Waals surface area contributed by atoms with Gasteiger partial charge in [0.05, 0.1) is 11.4 Å². The molecule has 4 nitrogen and oxygen atoms in total. The molecule has 0 radical (unpaired) electrons. The molecule has 6 heteroatoms. The van der Waals surface area contributed by atoms with Gasteiger partial charge in [-0.1, -0.05) is 12.1 Å². The van der Waals surface area contributed by atoms with Crippen LogP contribution in [-0.4, -0.2) is 28.2 Å². The maximum atomic E-state index is 13.0. The first-order valence-corrected chi connectivity index (χ1v) is 9.05. The molecular weight excluding hydrogens is 348 g/mol. The van der Waals surface area contributed by atoms with Crippen molar-refractivity contribution in [1.29, 1.82) is 0 Å². The van der Waals surface area contributed by atoms with Crippen molar-refractivity contribution in [1.82, 2.24) is 15.1 Å².